The minimum absolute atomic E-state index is 0.117. The zero-order valence-corrected chi connectivity index (χ0v) is 29.1. The van der Waals surface area contributed by atoms with Crippen LogP contribution < -0.4 is 15.5 Å². The van der Waals surface area contributed by atoms with Gasteiger partial charge in [-0.1, -0.05) is 128 Å². The lowest BCUT2D eigenvalue weighted by molar-refractivity contribution is 0.560. The van der Waals surface area contributed by atoms with Gasteiger partial charge in [0.05, 0.1) is 23.8 Å². The van der Waals surface area contributed by atoms with E-state index in [1.54, 1.807) is 11.1 Å². The fourth-order valence-electron chi connectivity index (χ4n) is 9.79. The summed E-state index contributed by atoms with van der Waals surface area (Å²) in [6.45, 7) is 2.36. The first kappa shape index (κ1) is 29.9. The Morgan fingerprint density at radius 1 is 0.760 bits per heavy atom. The SMILES string of the molecule is CC1CC2=C(NC(C3=CC(C4C=Cc5ccc6c(c5N4)CCCC6)CC(C4C=Cc5ccc6ccccc6c5N4C)=C3)C=C2)c2ccccc21. The summed E-state index contributed by atoms with van der Waals surface area (Å²) in [5.74, 6) is 0.858. The first-order valence-corrected chi connectivity index (χ1v) is 18.8. The second-order valence-electron chi connectivity index (χ2n) is 15.4. The number of anilines is 2. The fourth-order valence-corrected chi connectivity index (χ4v) is 9.79. The molecule has 10 rings (SSSR count). The summed E-state index contributed by atoms with van der Waals surface area (Å²) in [5, 5.41) is 10.8. The highest BCUT2D eigenvalue weighted by Crippen LogP contribution is 2.44. The molecule has 6 aliphatic rings. The number of likely N-dealkylation sites (N-methyl/N-ethyl adjacent to an activating group) is 1. The largest absolute Gasteiger partial charge is 0.378 e. The maximum atomic E-state index is 4.12. The molecule has 0 amide bonds. The Hall–Kier alpha value is -5.02. The van der Waals surface area contributed by atoms with E-state index in [0.29, 0.717) is 11.8 Å². The highest BCUT2D eigenvalue weighted by atomic mass is 15.1. The van der Waals surface area contributed by atoms with Gasteiger partial charge >= 0.3 is 0 Å². The van der Waals surface area contributed by atoms with Gasteiger partial charge in [0.15, 0.2) is 0 Å². The molecule has 0 spiro atoms. The van der Waals surface area contributed by atoms with Crippen LogP contribution in [0.15, 0.2) is 126 Å². The number of nitrogens with one attached hydrogen (secondary N) is 2. The van der Waals surface area contributed by atoms with Gasteiger partial charge in [-0.3, -0.25) is 0 Å². The van der Waals surface area contributed by atoms with E-state index in [-0.39, 0.29) is 18.1 Å². The molecule has 3 nitrogen and oxygen atoms in total. The van der Waals surface area contributed by atoms with Crippen LogP contribution in [0.2, 0.25) is 0 Å². The first-order valence-electron chi connectivity index (χ1n) is 18.8. The Bertz CT molecular complexity index is 2240. The quantitative estimate of drug-likeness (QED) is 0.231. The maximum Gasteiger partial charge on any atom is 0.0698 e. The molecule has 3 heteroatoms. The molecule has 0 fully saturated rings. The van der Waals surface area contributed by atoms with Crippen LogP contribution in [0.3, 0.4) is 0 Å². The number of nitrogens with zero attached hydrogens (tertiary/aromatic N) is 1. The Morgan fingerprint density at radius 2 is 1.60 bits per heavy atom. The van der Waals surface area contributed by atoms with Gasteiger partial charge in [-0.25, -0.2) is 0 Å². The number of fused-ring (bicyclic) bond motifs is 8. The summed E-state index contributed by atoms with van der Waals surface area (Å²) in [6, 6.07) is 27.6. The third-order valence-corrected chi connectivity index (χ3v) is 12.3. The van der Waals surface area contributed by atoms with Crippen LogP contribution in [0.4, 0.5) is 11.4 Å². The summed E-state index contributed by atoms with van der Waals surface area (Å²) >= 11 is 0. The molecule has 4 aromatic carbocycles. The lowest BCUT2D eigenvalue weighted by Gasteiger charge is -2.40. The number of rotatable bonds is 3. The van der Waals surface area contributed by atoms with E-state index in [4.69, 9.17) is 0 Å². The maximum absolute atomic E-state index is 4.12. The molecule has 3 aliphatic carbocycles. The van der Waals surface area contributed by atoms with Crippen molar-refractivity contribution in [1.29, 1.82) is 0 Å². The molecule has 0 bridgehead atoms. The minimum atomic E-state index is 0.117. The molecule has 3 aliphatic heterocycles. The van der Waals surface area contributed by atoms with Gasteiger partial charge in [0.25, 0.3) is 0 Å². The molecular formula is C47H45N3. The van der Waals surface area contributed by atoms with Crippen LogP contribution >= 0.6 is 0 Å². The zero-order valence-electron chi connectivity index (χ0n) is 29.1. The lowest BCUT2D eigenvalue weighted by atomic mass is 9.77. The molecule has 5 unspecified atom stereocenters. The predicted molar refractivity (Wildman–Crippen MR) is 211 cm³/mol. The summed E-state index contributed by atoms with van der Waals surface area (Å²) < 4.78 is 0. The molecule has 0 saturated carbocycles. The van der Waals surface area contributed by atoms with Crippen molar-refractivity contribution in [2.75, 3.05) is 17.3 Å². The van der Waals surface area contributed by atoms with Crippen molar-refractivity contribution in [3.63, 3.8) is 0 Å². The van der Waals surface area contributed by atoms with Crippen LogP contribution in [0, 0.1) is 5.92 Å². The third-order valence-electron chi connectivity index (χ3n) is 12.3. The second kappa shape index (κ2) is 11.8. The van der Waals surface area contributed by atoms with Gasteiger partial charge in [-0.2, -0.15) is 0 Å². The Balaban J connectivity index is 1.03. The molecule has 248 valence electrons. The number of benzene rings is 4. The van der Waals surface area contributed by atoms with Gasteiger partial charge in [0.1, 0.15) is 0 Å². The minimum Gasteiger partial charge on any atom is -0.378 e. The number of aryl methyl sites for hydroxylation is 1. The van der Waals surface area contributed by atoms with Gasteiger partial charge < -0.3 is 15.5 Å². The normalized spacial score (nSPS) is 26.1. The van der Waals surface area contributed by atoms with Gasteiger partial charge in [0.2, 0.25) is 0 Å². The molecule has 2 N–H and O–H groups in total. The van der Waals surface area contributed by atoms with Crippen molar-refractivity contribution in [2.24, 2.45) is 5.92 Å². The number of allylic oxidation sites excluding steroid dienone is 2. The van der Waals surface area contributed by atoms with E-state index in [1.807, 2.05) is 0 Å². The van der Waals surface area contributed by atoms with Gasteiger partial charge in [-0.05, 0) is 94.4 Å². The second-order valence-corrected chi connectivity index (χ2v) is 15.4. The molecule has 0 radical (unpaired) electrons. The molecule has 5 atom stereocenters. The highest BCUT2D eigenvalue weighted by molar-refractivity contribution is 5.99. The fraction of sp³-hybridized carbons (Fsp3) is 0.277. The molecule has 0 saturated heterocycles. The van der Waals surface area contributed by atoms with Gasteiger partial charge in [0, 0.05) is 35.3 Å². The standard InChI is InChI=1S/C47H45N3/c1-29-25-34-20-23-43(49-46(34)41-14-8-7-11-38(29)41)36-26-35(42-22-19-32-17-15-30-9-3-5-12-39(30)45(32)48-42)27-37(28-36)44-24-21-33-18-16-31-10-4-6-13-40(31)47(33)50(44)2/h4,6-8,10-11,13-24,26,28-29,35,42-44,48-49H,3,5,9,12,25,27H2,1-2H3. The van der Waals surface area contributed by atoms with Crippen molar-refractivity contribution in [2.45, 2.75) is 69.5 Å². The van der Waals surface area contributed by atoms with E-state index in [9.17, 15) is 0 Å². The first-order chi connectivity index (χ1) is 24.6. The zero-order chi connectivity index (χ0) is 33.3. The Labute approximate surface area is 296 Å². The topological polar surface area (TPSA) is 27.3 Å². The smallest absolute Gasteiger partial charge is 0.0698 e. The molecule has 50 heavy (non-hydrogen) atoms. The highest BCUT2D eigenvalue weighted by Gasteiger charge is 2.34. The van der Waals surface area contributed by atoms with E-state index in [1.165, 1.54) is 92.5 Å². The average Bonchev–Trinajstić information content (AvgIpc) is 3.17. The van der Waals surface area contributed by atoms with E-state index in [0.717, 1.165) is 12.8 Å². The Kier molecular flexibility index (Phi) is 7.05. The van der Waals surface area contributed by atoms with Crippen LogP contribution in [0.5, 0.6) is 0 Å². The van der Waals surface area contributed by atoms with E-state index >= 15 is 0 Å². The number of hydrogen-bond acceptors (Lipinski definition) is 3. The van der Waals surface area contributed by atoms with Crippen LogP contribution in [0.1, 0.15) is 71.9 Å². The number of hydrogen-bond donors (Lipinski definition) is 2. The lowest BCUT2D eigenvalue weighted by Crippen LogP contribution is -2.39. The van der Waals surface area contributed by atoms with Crippen molar-refractivity contribution < 1.29 is 0 Å². The monoisotopic (exact) mass is 651 g/mol. The molecule has 3 heterocycles. The summed E-state index contributed by atoms with van der Waals surface area (Å²) in [6.07, 6.45) is 26.6. The average molecular weight is 652 g/mol. The molecule has 4 aromatic rings. The van der Waals surface area contributed by atoms with Crippen molar-refractivity contribution in [3.8, 4) is 0 Å². The number of dihydropyridines is 1. The van der Waals surface area contributed by atoms with Crippen LogP contribution in [-0.2, 0) is 12.8 Å². The summed E-state index contributed by atoms with van der Waals surface area (Å²) in [4.78, 5) is 2.53. The molecule has 0 aromatic heterocycles. The van der Waals surface area contributed by atoms with Gasteiger partial charge in [-0.15, -0.1) is 0 Å². The predicted octanol–water partition coefficient (Wildman–Crippen LogP) is 10.4. The van der Waals surface area contributed by atoms with E-state index < -0.39 is 0 Å². The summed E-state index contributed by atoms with van der Waals surface area (Å²) in [7, 11) is 2.30. The third kappa shape index (κ3) is 4.85. The Morgan fingerprint density at radius 3 is 2.56 bits per heavy atom. The molecular weight excluding hydrogens is 607 g/mol. The van der Waals surface area contributed by atoms with Crippen molar-refractivity contribution >= 4 is 40.0 Å². The van der Waals surface area contributed by atoms with Crippen molar-refractivity contribution in [1.82, 2.24) is 5.32 Å². The van der Waals surface area contributed by atoms with E-state index in [2.05, 4.69) is 151 Å². The van der Waals surface area contributed by atoms with Crippen LogP contribution in [-0.4, -0.2) is 25.2 Å². The van der Waals surface area contributed by atoms with Crippen molar-refractivity contribution in [3.05, 3.63) is 159 Å². The van der Waals surface area contributed by atoms with Crippen LogP contribution in [0.25, 0.3) is 28.6 Å². The summed E-state index contributed by atoms with van der Waals surface area (Å²) in [5.41, 5.74) is 16.9.